The van der Waals surface area contributed by atoms with Gasteiger partial charge in [-0.3, -0.25) is 4.79 Å². The number of nitrogens with one attached hydrogen (secondary N) is 1. The molecular weight excluding hydrogens is 294 g/mol. The van der Waals surface area contributed by atoms with E-state index >= 15 is 0 Å². The monoisotopic (exact) mass is 313 g/mol. The van der Waals surface area contributed by atoms with E-state index in [1.54, 1.807) is 12.1 Å². The molecule has 0 saturated carbocycles. The molecule has 100 valence electrons. The van der Waals surface area contributed by atoms with E-state index in [1.165, 1.54) is 0 Å². The van der Waals surface area contributed by atoms with Crippen molar-refractivity contribution in [1.29, 1.82) is 0 Å². The Hall–Kier alpha value is -0.870. The Morgan fingerprint density at radius 2 is 2.11 bits per heavy atom. The number of benzene rings is 1. The van der Waals surface area contributed by atoms with Crippen molar-refractivity contribution in [3.63, 3.8) is 0 Å². The number of hydrogen-bond acceptors (Lipinski definition) is 2. The minimum absolute atomic E-state index is 0.0308. The largest absolute Gasteiger partial charge is 0.394 e. The van der Waals surface area contributed by atoms with Crippen LogP contribution in [-0.4, -0.2) is 23.7 Å². The van der Waals surface area contributed by atoms with Crippen molar-refractivity contribution in [3.8, 4) is 0 Å². The molecule has 0 spiro atoms. The molecule has 2 N–H and O–H groups in total. The number of halogens is 1. The number of hydrogen-bond donors (Lipinski definition) is 2. The zero-order chi connectivity index (χ0) is 13.7. The number of aryl methyl sites for hydroxylation is 1. The van der Waals surface area contributed by atoms with Crippen LogP contribution in [0.2, 0.25) is 0 Å². The van der Waals surface area contributed by atoms with E-state index in [0.717, 1.165) is 16.5 Å². The maximum absolute atomic E-state index is 12.0. The van der Waals surface area contributed by atoms with Gasteiger partial charge in [-0.2, -0.15) is 0 Å². The first-order chi connectivity index (χ1) is 8.43. The van der Waals surface area contributed by atoms with E-state index in [1.807, 2.05) is 13.0 Å². The van der Waals surface area contributed by atoms with Crippen LogP contribution in [0.5, 0.6) is 0 Å². The summed E-state index contributed by atoms with van der Waals surface area (Å²) in [6.45, 7) is 6.08. The van der Waals surface area contributed by atoms with Crippen molar-refractivity contribution in [2.45, 2.75) is 33.2 Å². The van der Waals surface area contributed by atoms with Gasteiger partial charge in [0.25, 0.3) is 5.91 Å². The van der Waals surface area contributed by atoms with E-state index in [4.69, 9.17) is 0 Å². The van der Waals surface area contributed by atoms with Crippen LogP contribution < -0.4 is 5.32 Å². The number of rotatable bonds is 5. The number of amides is 1. The van der Waals surface area contributed by atoms with Crippen molar-refractivity contribution in [3.05, 3.63) is 33.8 Å². The molecule has 0 bridgehead atoms. The number of aliphatic hydroxyl groups is 1. The molecule has 0 radical (unpaired) electrons. The molecule has 0 aliphatic rings. The molecule has 1 rings (SSSR count). The van der Waals surface area contributed by atoms with Crippen molar-refractivity contribution in [1.82, 2.24) is 5.32 Å². The Labute approximate surface area is 117 Å². The quantitative estimate of drug-likeness (QED) is 0.878. The van der Waals surface area contributed by atoms with Crippen LogP contribution in [0.1, 0.15) is 36.2 Å². The summed E-state index contributed by atoms with van der Waals surface area (Å²) in [5, 5.41) is 12.1. The normalized spacial score (nSPS) is 12.6. The molecule has 0 aliphatic carbocycles. The SMILES string of the molecule is Cc1ccc(C(=O)NC(CO)CC(C)C)cc1Br. The second-order valence-corrected chi connectivity index (χ2v) is 5.80. The lowest BCUT2D eigenvalue weighted by molar-refractivity contribution is 0.0908. The molecule has 1 aromatic carbocycles. The average molecular weight is 314 g/mol. The maximum Gasteiger partial charge on any atom is 0.251 e. The van der Waals surface area contributed by atoms with Gasteiger partial charge in [-0.25, -0.2) is 0 Å². The molecule has 18 heavy (non-hydrogen) atoms. The third-order valence-electron chi connectivity index (χ3n) is 2.75. The summed E-state index contributed by atoms with van der Waals surface area (Å²) < 4.78 is 0.916. The van der Waals surface area contributed by atoms with Crippen LogP contribution in [0, 0.1) is 12.8 Å². The fourth-order valence-corrected chi connectivity index (χ4v) is 2.13. The first-order valence-electron chi connectivity index (χ1n) is 6.12. The van der Waals surface area contributed by atoms with Crippen LogP contribution in [0.15, 0.2) is 22.7 Å². The summed E-state index contributed by atoms with van der Waals surface area (Å²) in [7, 11) is 0. The summed E-state index contributed by atoms with van der Waals surface area (Å²) in [5.41, 5.74) is 1.70. The predicted octanol–water partition coefficient (Wildman–Crippen LogP) is 2.89. The topological polar surface area (TPSA) is 49.3 Å². The zero-order valence-corrected chi connectivity index (χ0v) is 12.6. The van der Waals surface area contributed by atoms with Crippen LogP contribution >= 0.6 is 15.9 Å². The summed E-state index contributed by atoms with van der Waals surface area (Å²) in [4.78, 5) is 12.0. The highest BCUT2D eigenvalue weighted by Gasteiger charge is 2.14. The molecule has 0 fully saturated rings. The maximum atomic E-state index is 12.0. The second-order valence-electron chi connectivity index (χ2n) is 4.95. The highest BCUT2D eigenvalue weighted by atomic mass is 79.9. The van der Waals surface area contributed by atoms with Crippen molar-refractivity contribution < 1.29 is 9.90 Å². The van der Waals surface area contributed by atoms with E-state index in [9.17, 15) is 9.90 Å². The minimum Gasteiger partial charge on any atom is -0.394 e. The molecule has 1 atom stereocenters. The number of aliphatic hydroxyl groups excluding tert-OH is 1. The van der Waals surface area contributed by atoms with E-state index in [-0.39, 0.29) is 18.6 Å². The van der Waals surface area contributed by atoms with Gasteiger partial charge < -0.3 is 10.4 Å². The summed E-state index contributed by atoms with van der Waals surface area (Å²) >= 11 is 3.41. The van der Waals surface area contributed by atoms with Crippen LogP contribution in [0.4, 0.5) is 0 Å². The summed E-state index contributed by atoms with van der Waals surface area (Å²) in [6, 6.07) is 5.31. The Balaban J connectivity index is 2.71. The van der Waals surface area contributed by atoms with Gasteiger partial charge >= 0.3 is 0 Å². The third-order valence-corrected chi connectivity index (χ3v) is 3.60. The fourth-order valence-electron chi connectivity index (χ4n) is 1.75. The number of carbonyl (C=O) groups is 1. The Morgan fingerprint density at radius 3 is 2.61 bits per heavy atom. The highest BCUT2D eigenvalue weighted by Crippen LogP contribution is 2.17. The van der Waals surface area contributed by atoms with E-state index in [0.29, 0.717) is 11.5 Å². The summed E-state index contributed by atoms with van der Waals surface area (Å²) in [5.74, 6) is 0.294. The molecule has 1 amide bonds. The number of carbonyl (C=O) groups excluding carboxylic acids is 1. The predicted molar refractivity (Wildman–Crippen MR) is 76.7 cm³/mol. The minimum atomic E-state index is -0.183. The average Bonchev–Trinajstić information content (AvgIpc) is 2.31. The molecule has 0 saturated heterocycles. The fraction of sp³-hybridized carbons (Fsp3) is 0.500. The van der Waals surface area contributed by atoms with Crippen LogP contribution in [0.25, 0.3) is 0 Å². The van der Waals surface area contributed by atoms with Gasteiger partial charge in [0.05, 0.1) is 12.6 Å². The van der Waals surface area contributed by atoms with Crippen molar-refractivity contribution in [2.24, 2.45) is 5.92 Å². The van der Waals surface area contributed by atoms with Gasteiger partial charge in [-0.05, 0) is 37.0 Å². The van der Waals surface area contributed by atoms with E-state index in [2.05, 4.69) is 35.1 Å². The van der Waals surface area contributed by atoms with Crippen LogP contribution in [0.3, 0.4) is 0 Å². The first-order valence-corrected chi connectivity index (χ1v) is 6.91. The van der Waals surface area contributed by atoms with Gasteiger partial charge in [0.1, 0.15) is 0 Å². The molecule has 0 aliphatic heterocycles. The standard InChI is InChI=1S/C14H20BrNO2/c1-9(2)6-12(8-17)16-14(18)11-5-4-10(3)13(15)7-11/h4-5,7,9,12,17H,6,8H2,1-3H3,(H,16,18). The Bertz CT molecular complexity index is 418. The molecule has 0 aromatic heterocycles. The second kappa shape index (κ2) is 6.90. The van der Waals surface area contributed by atoms with Gasteiger partial charge in [-0.15, -0.1) is 0 Å². The Morgan fingerprint density at radius 1 is 1.44 bits per heavy atom. The van der Waals surface area contributed by atoms with Crippen LogP contribution in [-0.2, 0) is 0 Å². The molecular formula is C14H20BrNO2. The summed E-state index contributed by atoms with van der Waals surface area (Å²) in [6.07, 6.45) is 0.773. The lowest BCUT2D eigenvalue weighted by Gasteiger charge is -2.18. The molecule has 1 unspecified atom stereocenters. The third kappa shape index (κ3) is 4.42. The van der Waals surface area contributed by atoms with Gasteiger partial charge in [0, 0.05) is 10.0 Å². The lowest BCUT2D eigenvalue weighted by Crippen LogP contribution is -2.38. The van der Waals surface area contributed by atoms with Gasteiger partial charge in [0.15, 0.2) is 0 Å². The highest BCUT2D eigenvalue weighted by molar-refractivity contribution is 9.10. The van der Waals surface area contributed by atoms with Crippen molar-refractivity contribution in [2.75, 3.05) is 6.61 Å². The Kier molecular flexibility index (Phi) is 5.82. The first kappa shape index (κ1) is 15.2. The molecule has 1 aromatic rings. The van der Waals surface area contributed by atoms with Crippen molar-refractivity contribution >= 4 is 21.8 Å². The van der Waals surface area contributed by atoms with Gasteiger partial charge in [0.2, 0.25) is 0 Å². The molecule has 4 heteroatoms. The molecule has 3 nitrogen and oxygen atoms in total. The molecule has 0 heterocycles. The van der Waals surface area contributed by atoms with Gasteiger partial charge in [-0.1, -0.05) is 35.8 Å². The lowest BCUT2D eigenvalue weighted by atomic mass is 10.0. The smallest absolute Gasteiger partial charge is 0.251 e. The zero-order valence-electron chi connectivity index (χ0n) is 11.0. The van der Waals surface area contributed by atoms with E-state index < -0.39 is 0 Å².